The zero-order valence-corrected chi connectivity index (χ0v) is 15.6. The standard InChI is InChI=1S/C20H19NO5S/c1-2-24-12-20(11-21)18(14-8-9-16-17(10-14)26-13-25-16)19(20)27(22,23)15-6-4-3-5-7-15/h3-10,18-19H,2,12-13H2,1H3/t18-,19-,20+/m0/s1. The van der Waals surface area contributed by atoms with Crippen LogP contribution in [-0.2, 0) is 14.6 Å². The maximum atomic E-state index is 13.3. The van der Waals surface area contributed by atoms with Crippen LogP contribution in [-0.4, -0.2) is 33.7 Å². The molecule has 0 radical (unpaired) electrons. The van der Waals surface area contributed by atoms with E-state index < -0.39 is 26.4 Å². The van der Waals surface area contributed by atoms with Crippen LogP contribution < -0.4 is 9.47 Å². The van der Waals surface area contributed by atoms with Crippen molar-refractivity contribution in [1.82, 2.24) is 0 Å². The van der Waals surface area contributed by atoms with E-state index in [1.54, 1.807) is 48.5 Å². The first-order valence-electron chi connectivity index (χ1n) is 8.72. The highest BCUT2D eigenvalue weighted by Gasteiger charge is 2.72. The lowest BCUT2D eigenvalue weighted by molar-refractivity contribution is 0.117. The Kier molecular flexibility index (Phi) is 4.33. The van der Waals surface area contributed by atoms with Crippen LogP contribution in [0.3, 0.4) is 0 Å². The number of sulfone groups is 1. The molecule has 2 aromatic carbocycles. The number of ether oxygens (including phenoxy) is 3. The van der Waals surface area contributed by atoms with Crippen molar-refractivity contribution in [3.63, 3.8) is 0 Å². The van der Waals surface area contributed by atoms with Crippen molar-refractivity contribution >= 4 is 9.84 Å². The Labute approximate surface area is 158 Å². The molecule has 2 aromatic rings. The number of fused-ring (bicyclic) bond motifs is 1. The van der Waals surface area contributed by atoms with Crippen molar-refractivity contribution in [2.75, 3.05) is 20.0 Å². The molecule has 1 fully saturated rings. The summed E-state index contributed by atoms with van der Waals surface area (Å²) in [6.45, 7) is 2.44. The lowest BCUT2D eigenvalue weighted by atomic mass is 10.0. The van der Waals surface area contributed by atoms with Crippen LogP contribution in [0.2, 0.25) is 0 Å². The molecule has 6 nitrogen and oxygen atoms in total. The second-order valence-corrected chi connectivity index (χ2v) is 8.73. The minimum Gasteiger partial charge on any atom is -0.454 e. The molecule has 140 valence electrons. The van der Waals surface area contributed by atoms with E-state index in [9.17, 15) is 13.7 Å². The van der Waals surface area contributed by atoms with Gasteiger partial charge in [0, 0.05) is 12.5 Å². The molecular formula is C20H19NO5S. The van der Waals surface area contributed by atoms with Gasteiger partial charge in [-0.3, -0.25) is 0 Å². The highest BCUT2D eigenvalue weighted by Crippen LogP contribution is 2.64. The van der Waals surface area contributed by atoms with Gasteiger partial charge in [0.1, 0.15) is 5.41 Å². The highest BCUT2D eigenvalue weighted by atomic mass is 32.2. The Bertz CT molecular complexity index is 999. The molecule has 1 heterocycles. The van der Waals surface area contributed by atoms with E-state index in [1.165, 1.54) is 0 Å². The average Bonchev–Trinajstić information content (AvgIpc) is 3.15. The zero-order valence-electron chi connectivity index (χ0n) is 14.8. The van der Waals surface area contributed by atoms with Gasteiger partial charge >= 0.3 is 0 Å². The van der Waals surface area contributed by atoms with Gasteiger partial charge in [0.25, 0.3) is 0 Å². The normalized spacial score (nSPS) is 25.8. The summed E-state index contributed by atoms with van der Waals surface area (Å²) < 4.78 is 42.8. The molecule has 1 aliphatic carbocycles. The third kappa shape index (κ3) is 2.76. The Morgan fingerprint density at radius 1 is 1.19 bits per heavy atom. The van der Waals surface area contributed by atoms with Gasteiger partial charge in [-0.25, -0.2) is 8.42 Å². The predicted molar refractivity (Wildman–Crippen MR) is 97.3 cm³/mol. The monoisotopic (exact) mass is 385 g/mol. The smallest absolute Gasteiger partial charge is 0.231 e. The van der Waals surface area contributed by atoms with E-state index in [1.807, 2.05) is 6.92 Å². The fraction of sp³-hybridized carbons (Fsp3) is 0.350. The molecule has 1 aliphatic heterocycles. The second kappa shape index (κ2) is 6.55. The predicted octanol–water partition coefficient (Wildman–Crippen LogP) is 2.90. The summed E-state index contributed by atoms with van der Waals surface area (Å²) in [7, 11) is -3.70. The van der Waals surface area contributed by atoms with E-state index in [0.29, 0.717) is 18.1 Å². The van der Waals surface area contributed by atoms with Gasteiger partial charge in [-0.2, -0.15) is 5.26 Å². The maximum absolute atomic E-state index is 13.3. The van der Waals surface area contributed by atoms with Crippen LogP contribution in [0.1, 0.15) is 18.4 Å². The molecule has 2 aliphatic rings. The maximum Gasteiger partial charge on any atom is 0.231 e. The van der Waals surface area contributed by atoms with Crippen LogP contribution in [0.15, 0.2) is 53.4 Å². The van der Waals surface area contributed by atoms with E-state index in [-0.39, 0.29) is 18.3 Å². The summed E-state index contributed by atoms with van der Waals surface area (Å²) in [4.78, 5) is 0.217. The third-order valence-corrected chi connectivity index (χ3v) is 7.46. The third-order valence-electron chi connectivity index (χ3n) is 5.17. The minimum absolute atomic E-state index is 0.0653. The summed E-state index contributed by atoms with van der Waals surface area (Å²) in [5.41, 5.74) is -0.386. The first-order chi connectivity index (χ1) is 13.0. The van der Waals surface area contributed by atoms with Crippen LogP contribution in [0.4, 0.5) is 0 Å². The first-order valence-corrected chi connectivity index (χ1v) is 10.3. The zero-order chi connectivity index (χ0) is 19.1. The quantitative estimate of drug-likeness (QED) is 0.760. The molecule has 0 unspecified atom stereocenters. The Balaban J connectivity index is 1.77. The molecule has 27 heavy (non-hydrogen) atoms. The number of hydrogen-bond acceptors (Lipinski definition) is 6. The second-order valence-electron chi connectivity index (χ2n) is 6.66. The summed E-state index contributed by atoms with van der Waals surface area (Å²) in [5, 5.41) is 9.07. The van der Waals surface area contributed by atoms with Crippen molar-refractivity contribution < 1.29 is 22.6 Å². The topological polar surface area (TPSA) is 85.6 Å². The van der Waals surface area contributed by atoms with Crippen LogP contribution in [0, 0.1) is 16.7 Å². The Morgan fingerprint density at radius 3 is 2.63 bits per heavy atom. The number of nitriles is 1. The van der Waals surface area contributed by atoms with Gasteiger partial charge in [0.05, 0.1) is 22.8 Å². The summed E-state index contributed by atoms with van der Waals surface area (Å²) >= 11 is 0. The minimum atomic E-state index is -3.70. The number of rotatable bonds is 6. The molecule has 0 N–H and O–H groups in total. The van der Waals surface area contributed by atoms with Crippen LogP contribution in [0.25, 0.3) is 0 Å². The average molecular weight is 385 g/mol. The molecule has 1 saturated carbocycles. The van der Waals surface area contributed by atoms with E-state index in [0.717, 1.165) is 5.56 Å². The lowest BCUT2D eigenvalue weighted by Crippen LogP contribution is -2.19. The summed E-state index contributed by atoms with van der Waals surface area (Å²) in [6.07, 6.45) is 0. The van der Waals surface area contributed by atoms with E-state index in [2.05, 4.69) is 6.07 Å². The van der Waals surface area contributed by atoms with Crippen LogP contribution >= 0.6 is 0 Å². The van der Waals surface area contributed by atoms with E-state index >= 15 is 0 Å². The number of nitrogens with zero attached hydrogens (tertiary/aromatic N) is 1. The molecule has 0 saturated heterocycles. The lowest BCUT2D eigenvalue weighted by Gasteiger charge is -2.10. The summed E-state index contributed by atoms with van der Waals surface area (Å²) in [6, 6.07) is 15.8. The Morgan fingerprint density at radius 2 is 1.93 bits per heavy atom. The van der Waals surface area contributed by atoms with Gasteiger partial charge in [0.2, 0.25) is 6.79 Å². The number of hydrogen-bond donors (Lipinski definition) is 0. The van der Waals surface area contributed by atoms with Crippen molar-refractivity contribution in [3.05, 3.63) is 54.1 Å². The molecule has 0 spiro atoms. The molecular weight excluding hydrogens is 366 g/mol. The molecule has 3 atom stereocenters. The summed E-state index contributed by atoms with van der Waals surface area (Å²) in [5.74, 6) is 0.696. The largest absolute Gasteiger partial charge is 0.454 e. The van der Waals surface area contributed by atoms with Gasteiger partial charge in [0.15, 0.2) is 21.3 Å². The Hall–Kier alpha value is -2.56. The number of benzene rings is 2. The van der Waals surface area contributed by atoms with Gasteiger partial charge < -0.3 is 14.2 Å². The SMILES string of the molecule is CCOC[C@]1(C#N)[C@@H](c2ccc3c(c2)OCO3)[C@@H]1S(=O)(=O)c1ccccc1. The van der Waals surface area contributed by atoms with Crippen molar-refractivity contribution in [1.29, 1.82) is 5.26 Å². The van der Waals surface area contributed by atoms with Crippen LogP contribution in [0.5, 0.6) is 11.5 Å². The molecule has 0 aromatic heterocycles. The van der Waals surface area contributed by atoms with Gasteiger partial charge in [-0.15, -0.1) is 0 Å². The van der Waals surface area contributed by atoms with E-state index in [4.69, 9.17) is 14.2 Å². The molecule has 7 heteroatoms. The van der Waals surface area contributed by atoms with Crippen molar-refractivity contribution in [2.24, 2.45) is 5.41 Å². The van der Waals surface area contributed by atoms with Crippen molar-refractivity contribution in [3.8, 4) is 17.6 Å². The fourth-order valence-corrected chi connectivity index (χ4v) is 6.14. The van der Waals surface area contributed by atoms with Gasteiger partial charge in [-0.1, -0.05) is 24.3 Å². The first kappa shape index (κ1) is 17.8. The fourth-order valence-electron chi connectivity index (χ4n) is 3.80. The highest BCUT2D eigenvalue weighted by molar-refractivity contribution is 7.92. The van der Waals surface area contributed by atoms with Crippen molar-refractivity contribution in [2.45, 2.75) is 23.0 Å². The molecule has 0 amide bonds. The van der Waals surface area contributed by atoms with Gasteiger partial charge in [-0.05, 0) is 36.8 Å². The molecule has 4 rings (SSSR count). The molecule has 0 bridgehead atoms.